The number of hydrogen-bond donors (Lipinski definition) is 4. The number of pyridine rings is 2. The molecule has 0 saturated carbocycles. The van der Waals surface area contributed by atoms with Crippen LogP contribution in [0.4, 0.5) is 21.9 Å². The second-order valence-corrected chi connectivity index (χ2v) is 11.0. The van der Waals surface area contributed by atoms with Gasteiger partial charge in [-0.2, -0.15) is 0 Å². The van der Waals surface area contributed by atoms with Gasteiger partial charge < -0.3 is 26.2 Å². The van der Waals surface area contributed by atoms with Gasteiger partial charge in [0.05, 0.1) is 12.3 Å². The highest BCUT2D eigenvalue weighted by Gasteiger charge is 2.23. The number of anilines is 3. The second kappa shape index (κ2) is 14.9. The molecule has 2 aromatic carbocycles. The summed E-state index contributed by atoms with van der Waals surface area (Å²) < 4.78 is 7.29. The number of nitrogens with two attached hydrogens (primary N) is 1. The van der Waals surface area contributed by atoms with E-state index in [4.69, 9.17) is 10.5 Å². The predicted octanol–water partition coefficient (Wildman–Crippen LogP) is 7.13. The maximum absolute atomic E-state index is 14.1. The van der Waals surface area contributed by atoms with Gasteiger partial charge in [0, 0.05) is 34.9 Å². The molecule has 0 saturated heterocycles. The Bertz CT molecular complexity index is 1630. The van der Waals surface area contributed by atoms with E-state index in [1.54, 1.807) is 22.9 Å². The fourth-order valence-corrected chi connectivity index (χ4v) is 5.28. The first-order chi connectivity index (χ1) is 20.2. The molecule has 4 aromatic rings. The van der Waals surface area contributed by atoms with Crippen LogP contribution in [0, 0.1) is 0 Å². The van der Waals surface area contributed by atoms with Gasteiger partial charge in [0.25, 0.3) is 5.56 Å². The van der Waals surface area contributed by atoms with E-state index in [0.717, 1.165) is 29.4 Å². The first-order valence-electron chi connectivity index (χ1n) is 14.5. The summed E-state index contributed by atoms with van der Waals surface area (Å²) in [6.07, 6.45) is 3.33. The van der Waals surface area contributed by atoms with Crippen LogP contribution in [-0.2, 0) is 6.54 Å². The van der Waals surface area contributed by atoms with Crippen molar-refractivity contribution in [2.24, 2.45) is 0 Å². The number of aryl methyl sites for hydroxylation is 1. The molecule has 0 bridgehead atoms. The summed E-state index contributed by atoms with van der Waals surface area (Å²) in [6.45, 7) is 10.7. The number of halogens is 1. The van der Waals surface area contributed by atoms with Gasteiger partial charge in [0.2, 0.25) is 0 Å². The Morgan fingerprint density at radius 1 is 1.05 bits per heavy atom. The summed E-state index contributed by atoms with van der Waals surface area (Å²) >= 11 is 0. The van der Waals surface area contributed by atoms with E-state index >= 15 is 0 Å². The van der Waals surface area contributed by atoms with Gasteiger partial charge in [-0.25, -0.2) is 9.78 Å². The molecule has 0 unspecified atom stereocenters. The van der Waals surface area contributed by atoms with Crippen molar-refractivity contribution >= 4 is 46.5 Å². The number of amides is 2. The van der Waals surface area contributed by atoms with Crippen molar-refractivity contribution in [1.82, 2.24) is 9.55 Å². The molecule has 9 nitrogen and oxygen atoms in total. The van der Waals surface area contributed by atoms with E-state index in [2.05, 4.69) is 36.4 Å². The number of aliphatic hydroxyl groups excluding tert-OH is 1. The van der Waals surface area contributed by atoms with Crippen LogP contribution in [0.3, 0.4) is 0 Å². The highest BCUT2D eigenvalue weighted by Crippen LogP contribution is 2.38. The number of unbranched alkanes of at least 4 members (excludes halogenated alkanes) is 1. The summed E-state index contributed by atoms with van der Waals surface area (Å²) in [5, 5.41) is 15.9. The number of nitrogen functional groups attached to an aromatic ring is 1. The average molecular weight is 608 g/mol. The summed E-state index contributed by atoms with van der Waals surface area (Å²) in [6, 6.07) is 14.2. The van der Waals surface area contributed by atoms with Crippen molar-refractivity contribution in [2.45, 2.75) is 65.8 Å². The van der Waals surface area contributed by atoms with E-state index in [0.29, 0.717) is 40.4 Å². The van der Waals surface area contributed by atoms with Crippen LogP contribution in [0.15, 0.2) is 59.5 Å². The smallest absolute Gasteiger partial charge is 0.323 e. The Labute approximate surface area is 258 Å². The summed E-state index contributed by atoms with van der Waals surface area (Å²) in [5.74, 6) is 0.731. The quantitative estimate of drug-likeness (QED) is 0.134. The van der Waals surface area contributed by atoms with Crippen LogP contribution in [0.2, 0.25) is 0 Å². The maximum Gasteiger partial charge on any atom is 0.323 e. The number of nitrogens with zero attached hydrogens (tertiary/aromatic N) is 2. The largest absolute Gasteiger partial charge is 0.491 e. The summed E-state index contributed by atoms with van der Waals surface area (Å²) in [4.78, 5) is 32.5. The SMILES string of the molecule is CCCCn1c(=O)c(NC(=O)Nc2c(C(C)C)ccc(N)c2C(C)C)c(-c2cccc(OCCO)c2)c2cccnc21.Cl. The molecular weight excluding hydrogens is 566 g/mol. The lowest BCUT2D eigenvalue weighted by molar-refractivity contribution is 0.201. The highest BCUT2D eigenvalue weighted by molar-refractivity contribution is 6.08. The fourth-order valence-electron chi connectivity index (χ4n) is 5.28. The summed E-state index contributed by atoms with van der Waals surface area (Å²) in [5.41, 5.74) is 11.0. The first kappa shape index (κ1) is 33.4. The Morgan fingerprint density at radius 2 is 1.79 bits per heavy atom. The van der Waals surface area contributed by atoms with Crippen LogP contribution in [0.1, 0.15) is 70.4 Å². The molecule has 0 fully saturated rings. The molecule has 2 heterocycles. The number of aliphatic hydroxyl groups is 1. The standard InChI is InChI=1S/C33H41N5O4.ClH/c1-6-7-16-38-31-25(12-9-15-35-31)28(22-10-8-11-23(19-22)42-18-17-39)30(32(38)40)37-33(41)36-29-24(20(2)3)13-14-26(34)27(29)21(4)5;/h8-15,19-21,39H,6-7,16-18,34H2,1-5H3,(H2,36,37,41);1H. The predicted molar refractivity (Wildman–Crippen MR) is 178 cm³/mol. The Kier molecular flexibility index (Phi) is 11.6. The number of ether oxygens (including phenoxy) is 1. The molecule has 2 amide bonds. The van der Waals surface area contributed by atoms with E-state index in [9.17, 15) is 14.7 Å². The van der Waals surface area contributed by atoms with Crippen molar-refractivity contribution in [2.75, 3.05) is 29.6 Å². The van der Waals surface area contributed by atoms with Crippen LogP contribution in [0.5, 0.6) is 5.75 Å². The molecule has 0 aliphatic rings. The molecule has 5 N–H and O–H groups in total. The van der Waals surface area contributed by atoms with Crippen molar-refractivity contribution in [1.29, 1.82) is 0 Å². The van der Waals surface area contributed by atoms with E-state index in [1.807, 2.05) is 50.2 Å². The number of rotatable bonds is 11. The molecule has 2 aromatic heterocycles. The van der Waals surface area contributed by atoms with E-state index in [-0.39, 0.29) is 48.7 Å². The minimum Gasteiger partial charge on any atom is -0.491 e. The maximum atomic E-state index is 14.1. The zero-order valence-corrected chi connectivity index (χ0v) is 26.3. The zero-order valence-electron chi connectivity index (χ0n) is 25.4. The third-order valence-corrected chi connectivity index (χ3v) is 7.23. The number of urea groups is 1. The van der Waals surface area contributed by atoms with Crippen LogP contribution >= 0.6 is 12.4 Å². The van der Waals surface area contributed by atoms with Crippen LogP contribution in [-0.4, -0.2) is 33.9 Å². The van der Waals surface area contributed by atoms with Gasteiger partial charge in [-0.05, 0) is 59.7 Å². The van der Waals surface area contributed by atoms with E-state index < -0.39 is 6.03 Å². The molecule has 0 aliphatic heterocycles. The number of carbonyl (C=O) groups excluding carboxylic acids is 1. The molecule has 0 atom stereocenters. The minimum atomic E-state index is -0.541. The topological polar surface area (TPSA) is 132 Å². The first-order valence-corrected chi connectivity index (χ1v) is 14.5. The highest BCUT2D eigenvalue weighted by atomic mass is 35.5. The molecule has 0 spiro atoms. The fraction of sp³-hybridized carbons (Fsp3) is 0.364. The monoisotopic (exact) mass is 607 g/mol. The summed E-state index contributed by atoms with van der Waals surface area (Å²) in [7, 11) is 0. The number of aromatic nitrogens is 2. The lowest BCUT2D eigenvalue weighted by Crippen LogP contribution is -2.30. The molecule has 0 radical (unpaired) electrons. The lowest BCUT2D eigenvalue weighted by atomic mass is 9.91. The normalized spacial score (nSPS) is 11.1. The van der Waals surface area contributed by atoms with Gasteiger partial charge in [0.1, 0.15) is 23.7 Å². The third kappa shape index (κ3) is 7.29. The molecule has 230 valence electrons. The third-order valence-electron chi connectivity index (χ3n) is 7.23. The Hall–Kier alpha value is -4.08. The Morgan fingerprint density at radius 3 is 2.47 bits per heavy atom. The van der Waals surface area contributed by atoms with Gasteiger partial charge in [-0.1, -0.05) is 59.2 Å². The van der Waals surface area contributed by atoms with Crippen molar-refractivity contribution in [3.63, 3.8) is 0 Å². The number of nitrogens with one attached hydrogen (secondary N) is 2. The molecule has 0 aliphatic carbocycles. The zero-order chi connectivity index (χ0) is 30.4. The Balaban J connectivity index is 0.00000506. The van der Waals surface area contributed by atoms with Crippen LogP contribution in [0.25, 0.3) is 22.2 Å². The average Bonchev–Trinajstić information content (AvgIpc) is 2.96. The van der Waals surface area contributed by atoms with Crippen molar-refractivity contribution < 1.29 is 14.6 Å². The van der Waals surface area contributed by atoms with E-state index in [1.165, 1.54) is 0 Å². The molecular formula is C33H42ClN5O4. The molecule has 43 heavy (non-hydrogen) atoms. The van der Waals surface area contributed by atoms with Crippen molar-refractivity contribution in [3.8, 4) is 16.9 Å². The minimum absolute atomic E-state index is 0. The number of fused-ring (bicyclic) bond motifs is 1. The van der Waals surface area contributed by atoms with Crippen LogP contribution < -0.4 is 26.7 Å². The van der Waals surface area contributed by atoms with Crippen molar-refractivity contribution in [3.05, 3.63) is 76.2 Å². The lowest BCUT2D eigenvalue weighted by Gasteiger charge is -2.23. The molecule has 10 heteroatoms. The van der Waals surface area contributed by atoms with Gasteiger partial charge in [-0.3, -0.25) is 9.36 Å². The second-order valence-electron chi connectivity index (χ2n) is 11.0. The number of carbonyl (C=O) groups is 1. The molecule has 4 rings (SSSR count). The van der Waals surface area contributed by atoms with Gasteiger partial charge >= 0.3 is 6.03 Å². The number of hydrogen-bond acceptors (Lipinski definition) is 6. The van der Waals surface area contributed by atoms with Gasteiger partial charge in [-0.15, -0.1) is 12.4 Å². The number of benzene rings is 2. The van der Waals surface area contributed by atoms with Gasteiger partial charge in [0.15, 0.2) is 0 Å².